The highest BCUT2D eigenvalue weighted by Gasteiger charge is 2.70. The molecular weight excluding hydrogens is 320 g/mol. The van der Waals surface area contributed by atoms with Crippen LogP contribution in [0.1, 0.15) is 45.4 Å². The Bertz CT molecular complexity index is 711. The van der Waals surface area contributed by atoms with Crippen LogP contribution in [0.4, 0.5) is 0 Å². The lowest BCUT2D eigenvalue weighted by Gasteiger charge is -2.60. The number of fused-ring (bicyclic) bond motifs is 5. The first-order valence-corrected chi connectivity index (χ1v) is 9.50. The van der Waals surface area contributed by atoms with E-state index in [9.17, 15) is 20.1 Å². The number of aliphatic hydroxyl groups excluding tert-OH is 2. The lowest BCUT2D eigenvalue weighted by molar-refractivity contribution is -0.161. The summed E-state index contributed by atoms with van der Waals surface area (Å²) < 4.78 is 5.33. The molecule has 1 spiro atoms. The highest BCUT2D eigenvalue weighted by Crippen LogP contribution is 2.71. The Hall–Kier alpha value is -1.17. The van der Waals surface area contributed by atoms with Crippen LogP contribution in [0.3, 0.4) is 0 Å². The molecule has 3 fully saturated rings. The van der Waals surface area contributed by atoms with Gasteiger partial charge in [-0.1, -0.05) is 6.92 Å². The van der Waals surface area contributed by atoms with Gasteiger partial charge in [0.2, 0.25) is 0 Å². The number of carbonyl (C=O) groups excluding carboxylic acids is 1. The first-order valence-electron chi connectivity index (χ1n) is 9.50. The number of esters is 1. The molecule has 4 aliphatic carbocycles. The van der Waals surface area contributed by atoms with Gasteiger partial charge in [-0.15, -0.1) is 0 Å². The van der Waals surface area contributed by atoms with E-state index in [1.54, 1.807) is 6.08 Å². The van der Waals surface area contributed by atoms with E-state index in [2.05, 4.69) is 6.92 Å². The van der Waals surface area contributed by atoms with Gasteiger partial charge in [-0.3, -0.25) is 0 Å². The van der Waals surface area contributed by atoms with E-state index in [0.29, 0.717) is 0 Å². The van der Waals surface area contributed by atoms with Crippen LogP contribution in [0.25, 0.3) is 0 Å². The van der Waals surface area contributed by atoms with Gasteiger partial charge in [0.25, 0.3) is 0 Å². The molecule has 0 amide bonds. The maximum atomic E-state index is 11.7. The SMILES string of the molecule is C[C@@]12CC=C3OC(=O)C=C3[C@H]1CC[C@@]13C[C@@H](CC[C@@H]21)[C@@](O)(CO)[C@@H]3O. The van der Waals surface area contributed by atoms with Crippen LogP contribution < -0.4 is 0 Å². The molecule has 5 heteroatoms. The molecule has 0 aromatic carbocycles. The molecule has 5 rings (SSSR count). The fourth-order valence-corrected chi connectivity index (χ4v) is 7.34. The van der Waals surface area contributed by atoms with Crippen molar-refractivity contribution in [3.63, 3.8) is 0 Å². The van der Waals surface area contributed by atoms with Gasteiger partial charge in [0.05, 0.1) is 12.7 Å². The summed E-state index contributed by atoms with van der Waals surface area (Å²) in [4.78, 5) is 11.7. The van der Waals surface area contributed by atoms with Gasteiger partial charge in [0, 0.05) is 17.1 Å². The number of ether oxygens (including phenoxy) is 1. The number of carbonyl (C=O) groups is 1. The van der Waals surface area contributed by atoms with E-state index in [-0.39, 0.29) is 41.2 Å². The summed E-state index contributed by atoms with van der Waals surface area (Å²) in [6.07, 6.45) is 7.96. The predicted octanol–water partition coefficient (Wildman–Crippen LogP) is 1.67. The van der Waals surface area contributed by atoms with E-state index in [1.807, 2.05) is 6.08 Å². The highest BCUT2D eigenvalue weighted by molar-refractivity contribution is 5.88. The van der Waals surface area contributed by atoms with E-state index in [0.717, 1.165) is 49.9 Å². The van der Waals surface area contributed by atoms with Crippen LogP contribution in [0, 0.1) is 28.6 Å². The number of rotatable bonds is 1. The fourth-order valence-electron chi connectivity index (χ4n) is 7.34. The molecule has 0 aromatic heterocycles. The van der Waals surface area contributed by atoms with Gasteiger partial charge in [-0.25, -0.2) is 4.79 Å². The van der Waals surface area contributed by atoms with Crippen LogP contribution in [0.15, 0.2) is 23.5 Å². The van der Waals surface area contributed by atoms with Crippen molar-refractivity contribution in [2.75, 3.05) is 6.61 Å². The molecule has 3 saturated carbocycles. The molecule has 2 bridgehead atoms. The fraction of sp³-hybridized carbons (Fsp3) is 0.750. The zero-order valence-electron chi connectivity index (χ0n) is 14.6. The highest BCUT2D eigenvalue weighted by atomic mass is 16.5. The van der Waals surface area contributed by atoms with Crippen LogP contribution in [-0.2, 0) is 9.53 Å². The van der Waals surface area contributed by atoms with Crippen molar-refractivity contribution in [2.24, 2.45) is 28.6 Å². The van der Waals surface area contributed by atoms with Gasteiger partial charge in [0.15, 0.2) is 0 Å². The first-order chi connectivity index (χ1) is 11.8. The zero-order valence-corrected chi connectivity index (χ0v) is 14.6. The first kappa shape index (κ1) is 16.0. The Labute approximate surface area is 147 Å². The number of hydrogen-bond donors (Lipinski definition) is 3. The molecule has 1 heterocycles. The smallest absolute Gasteiger partial charge is 0.336 e. The summed E-state index contributed by atoms with van der Waals surface area (Å²) in [6.45, 7) is 1.91. The third kappa shape index (κ3) is 1.72. The third-order valence-electron chi connectivity index (χ3n) is 8.46. The van der Waals surface area contributed by atoms with Crippen molar-refractivity contribution in [3.8, 4) is 0 Å². The van der Waals surface area contributed by atoms with Crippen molar-refractivity contribution in [2.45, 2.75) is 57.2 Å². The van der Waals surface area contributed by atoms with E-state index >= 15 is 0 Å². The lowest BCUT2D eigenvalue weighted by Crippen LogP contribution is -2.57. The van der Waals surface area contributed by atoms with Gasteiger partial charge < -0.3 is 20.1 Å². The summed E-state index contributed by atoms with van der Waals surface area (Å²) in [5.74, 6) is 0.983. The normalized spacial score (nSPS) is 53.4. The van der Waals surface area contributed by atoms with Crippen molar-refractivity contribution in [3.05, 3.63) is 23.5 Å². The minimum absolute atomic E-state index is 0.0193. The Morgan fingerprint density at radius 2 is 2.12 bits per heavy atom. The van der Waals surface area contributed by atoms with E-state index in [1.165, 1.54) is 0 Å². The Morgan fingerprint density at radius 3 is 2.88 bits per heavy atom. The van der Waals surface area contributed by atoms with Crippen molar-refractivity contribution >= 4 is 5.97 Å². The van der Waals surface area contributed by atoms with Crippen LogP contribution in [-0.4, -0.2) is 39.6 Å². The number of aliphatic hydroxyl groups is 3. The summed E-state index contributed by atoms with van der Waals surface area (Å²) in [7, 11) is 0. The summed E-state index contributed by atoms with van der Waals surface area (Å²) in [6, 6.07) is 0. The van der Waals surface area contributed by atoms with E-state index < -0.39 is 11.7 Å². The third-order valence-corrected chi connectivity index (χ3v) is 8.46. The molecule has 7 atom stereocenters. The standard InChI is InChI=1S/C20H26O5/c1-18-6-5-14-12(8-16(22)25-14)13(18)4-7-19-9-11(2-3-15(18)19)20(24,10-21)17(19)23/h5,8,11,13,15,17,21,23-24H,2-4,6-7,9-10H2,1H3/t11-,13-,15+,17-,18-,19-,20+/m1/s1. The second-order valence-electron chi connectivity index (χ2n) is 9.21. The van der Waals surface area contributed by atoms with E-state index in [4.69, 9.17) is 4.74 Å². The topological polar surface area (TPSA) is 87.0 Å². The molecule has 5 aliphatic rings. The molecule has 3 N–H and O–H groups in total. The Morgan fingerprint density at radius 1 is 1.32 bits per heavy atom. The largest absolute Gasteiger partial charge is 0.423 e. The predicted molar refractivity (Wildman–Crippen MR) is 89.0 cm³/mol. The number of allylic oxidation sites excluding steroid dienone is 2. The van der Waals surface area contributed by atoms with Crippen LogP contribution >= 0.6 is 0 Å². The second-order valence-corrected chi connectivity index (χ2v) is 9.21. The molecule has 0 aromatic rings. The zero-order chi connectivity index (χ0) is 17.6. The molecule has 136 valence electrons. The lowest BCUT2D eigenvalue weighted by atomic mass is 9.44. The molecule has 5 nitrogen and oxygen atoms in total. The summed E-state index contributed by atoms with van der Waals surface area (Å²) >= 11 is 0. The van der Waals surface area contributed by atoms with Crippen molar-refractivity contribution in [1.29, 1.82) is 0 Å². The molecule has 0 saturated heterocycles. The number of hydrogen-bond acceptors (Lipinski definition) is 5. The minimum atomic E-state index is -1.36. The average molecular weight is 346 g/mol. The summed E-state index contributed by atoms with van der Waals surface area (Å²) in [5.41, 5.74) is -0.699. The minimum Gasteiger partial charge on any atom is -0.423 e. The quantitative estimate of drug-likeness (QED) is 0.629. The Balaban J connectivity index is 1.59. The molecule has 25 heavy (non-hydrogen) atoms. The van der Waals surface area contributed by atoms with Gasteiger partial charge in [0.1, 0.15) is 11.4 Å². The van der Waals surface area contributed by atoms with Crippen LogP contribution in [0.2, 0.25) is 0 Å². The van der Waals surface area contributed by atoms with Crippen LogP contribution in [0.5, 0.6) is 0 Å². The maximum Gasteiger partial charge on any atom is 0.336 e. The maximum absolute atomic E-state index is 11.7. The van der Waals surface area contributed by atoms with Gasteiger partial charge in [-0.2, -0.15) is 0 Å². The second kappa shape index (κ2) is 4.76. The van der Waals surface area contributed by atoms with Crippen molar-refractivity contribution < 1.29 is 24.9 Å². The molecular formula is C20H26O5. The van der Waals surface area contributed by atoms with Crippen molar-refractivity contribution in [1.82, 2.24) is 0 Å². The Kier molecular flexibility index (Phi) is 3.05. The average Bonchev–Trinajstić information content (AvgIpc) is 3.05. The van der Waals surface area contributed by atoms with Gasteiger partial charge in [-0.05, 0) is 67.8 Å². The molecule has 0 unspecified atom stereocenters. The molecule has 0 radical (unpaired) electrons. The van der Waals surface area contributed by atoms with Gasteiger partial charge >= 0.3 is 5.97 Å². The molecule has 1 aliphatic heterocycles. The summed E-state index contributed by atoms with van der Waals surface area (Å²) in [5, 5.41) is 31.9. The monoisotopic (exact) mass is 346 g/mol.